The molecule has 0 aliphatic carbocycles. The quantitative estimate of drug-likeness (QED) is 0.281. The van der Waals surface area contributed by atoms with Crippen LogP contribution < -0.4 is 0 Å². The molecule has 0 bridgehead atoms. The predicted molar refractivity (Wildman–Crippen MR) is 114 cm³/mol. The summed E-state index contributed by atoms with van der Waals surface area (Å²) >= 11 is 6.32. The number of nitrogens with zero attached hydrogens (tertiary/aromatic N) is 1. The molecule has 0 saturated carbocycles. The third-order valence-corrected chi connectivity index (χ3v) is 5.72. The zero-order chi connectivity index (χ0) is 18.8. The number of aromatic nitrogens is 1. The fraction of sp³-hybridized carbons (Fsp3) is 0.208. The summed E-state index contributed by atoms with van der Waals surface area (Å²) in [5.74, 6) is 0.0691. The van der Waals surface area contributed by atoms with Crippen LogP contribution in [-0.4, -0.2) is 15.7 Å². The van der Waals surface area contributed by atoms with Crippen molar-refractivity contribution in [3.8, 4) is 0 Å². The molecule has 0 N–H and O–H groups in total. The van der Waals surface area contributed by atoms with Gasteiger partial charge >= 0.3 is 0 Å². The molecule has 136 valence electrons. The van der Waals surface area contributed by atoms with E-state index in [4.69, 9.17) is 11.6 Å². The van der Waals surface area contributed by atoms with Crippen molar-refractivity contribution in [2.45, 2.75) is 31.7 Å². The van der Waals surface area contributed by atoms with Crippen LogP contribution in [0.3, 0.4) is 0 Å². The Bertz CT molecular complexity index is 1110. The number of ketones is 1. The first-order chi connectivity index (χ1) is 13.2. The number of alkyl halides is 1. The highest BCUT2D eigenvalue weighted by Crippen LogP contribution is 2.27. The third kappa shape index (κ3) is 3.38. The van der Waals surface area contributed by atoms with Gasteiger partial charge in [-0.1, -0.05) is 67.6 Å². The van der Waals surface area contributed by atoms with Gasteiger partial charge in [-0.15, -0.1) is 11.6 Å². The van der Waals surface area contributed by atoms with E-state index < -0.39 is 0 Å². The smallest absolute Gasteiger partial charge is 0.195 e. The molecular formula is C24H22ClNO. The second-order valence-corrected chi connectivity index (χ2v) is 7.52. The molecule has 1 aromatic heterocycles. The maximum Gasteiger partial charge on any atom is 0.195 e. The van der Waals surface area contributed by atoms with Crippen LogP contribution in [0.1, 0.15) is 35.7 Å². The standard InChI is InChI=1S/C24H22ClNO/c1-2-18(25)14-15-26-16-22(20-11-5-6-13-23(20)26)24(27)21-12-7-9-17-8-3-4-10-19(17)21/h3-13,16,18H,2,14-15H2,1H3/t18-/m1/s1. The highest BCUT2D eigenvalue weighted by atomic mass is 35.5. The summed E-state index contributed by atoms with van der Waals surface area (Å²) < 4.78 is 2.17. The van der Waals surface area contributed by atoms with E-state index in [0.717, 1.165) is 52.2 Å². The SMILES string of the molecule is CC[C@@H](Cl)CCn1cc(C(=O)c2cccc3ccccc23)c2ccccc21. The van der Waals surface area contributed by atoms with Crippen molar-refractivity contribution in [2.24, 2.45) is 0 Å². The maximum atomic E-state index is 13.4. The summed E-state index contributed by atoms with van der Waals surface area (Å²) in [6.45, 7) is 2.91. The first-order valence-electron chi connectivity index (χ1n) is 9.43. The number of rotatable bonds is 6. The predicted octanol–water partition coefficient (Wildman–Crippen LogP) is 6.43. The van der Waals surface area contributed by atoms with E-state index in [2.05, 4.69) is 17.6 Å². The van der Waals surface area contributed by atoms with Crippen LogP contribution in [0, 0.1) is 0 Å². The van der Waals surface area contributed by atoms with E-state index in [1.54, 1.807) is 0 Å². The Morgan fingerprint density at radius 3 is 2.44 bits per heavy atom. The highest BCUT2D eigenvalue weighted by Gasteiger charge is 2.18. The van der Waals surface area contributed by atoms with Crippen LogP contribution in [0.2, 0.25) is 0 Å². The van der Waals surface area contributed by atoms with Crippen molar-refractivity contribution in [1.82, 2.24) is 4.57 Å². The summed E-state index contributed by atoms with van der Waals surface area (Å²) in [5.41, 5.74) is 2.59. The van der Waals surface area contributed by atoms with Crippen molar-refractivity contribution in [3.05, 3.63) is 84.1 Å². The second kappa shape index (κ2) is 7.58. The van der Waals surface area contributed by atoms with Gasteiger partial charge < -0.3 is 4.57 Å². The number of hydrogen-bond acceptors (Lipinski definition) is 1. The lowest BCUT2D eigenvalue weighted by Crippen LogP contribution is -2.05. The van der Waals surface area contributed by atoms with Gasteiger partial charge in [0.25, 0.3) is 0 Å². The molecule has 2 nitrogen and oxygen atoms in total. The lowest BCUT2D eigenvalue weighted by molar-refractivity contribution is 0.104. The minimum atomic E-state index is 0.0691. The molecule has 27 heavy (non-hydrogen) atoms. The molecule has 1 heterocycles. The molecule has 0 saturated heterocycles. The Morgan fingerprint density at radius 1 is 0.926 bits per heavy atom. The van der Waals surface area contributed by atoms with Gasteiger partial charge in [0.15, 0.2) is 5.78 Å². The third-order valence-electron chi connectivity index (χ3n) is 5.19. The van der Waals surface area contributed by atoms with Gasteiger partial charge in [0.2, 0.25) is 0 Å². The number of hydrogen-bond donors (Lipinski definition) is 0. The van der Waals surface area contributed by atoms with E-state index >= 15 is 0 Å². The highest BCUT2D eigenvalue weighted by molar-refractivity contribution is 6.21. The van der Waals surface area contributed by atoms with Crippen LogP contribution in [0.15, 0.2) is 72.9 Å². The van der Waals surface area contributed by atoms with Gasteiger partial charge in [0.1, 0.15) is 0 Å². The summed E-state index contributed by atoms with van der Waals surface area (Å²) in [4.78, 5) is 13.4. The van der Waals surface area contributed by atoms with Gasteiger partial charge in [-0.2, -0.15) is 0 Å². The molecule has 4 aromatic rings. The average molecular weight is 376 g/mol. The van der Waals surface area contributed by atoms with Gasteiger partial charge in [0.05, 0.1) is 0 Å². The monoisotopic (exact) mass is 375 g/mol. The van der Waals surface area contributed by atoms with Crippen LogP contribution in [-0.2, 0) is 6.54 Å². The Balaban J connectivity index is 1.80. The van der Waals surface area contributed by atoms with Crippen molar-refractivity contribution in [3.63, 3.8) is 0 Å². The van der Waals surface area contributed by atoms with Crippen LogP contribution in [0.25, 0.3) is 21.7 Å². The molecule has 0 spiro atoms. The largest absolute Gasteiger partial charge is 0.347 e. The fourth-order valence-electron chi connectivity index (χ4n) is 3.66. The van der Waals surface area contributed by atoms with E-state index in [9.17, 15) is 4.79 Å². The van der Waals surface area contributed by atoms with Crippen molar-refractivity contribution < 1.29 is 4.79 Å². The number of para-hydroxylation sites is 1. The Labute approximate surface area is 164 Å². The van der Waals surface area contributed by atoms with Crippen molar-refractivity contribution in [1.29, 1.82) is 0 Å². The molecule has 1 atom stereocenters. The molecule has 0 unspecified atom stereocenters. The van der Waals surface area contributed by atoms with E-state index in [1.807, 2.05) is 66.9 Å². The molecule has 0 amide bonds. The van der Waals surface area contributed by atoms with E-state index in [0.29, 0.717) is 0 Å². The molecule has 0 aliphatic rings. The van der Waals surface area contributed by atoms with Gasteiger partial charge in [-0.05, 0) is 29.7 Å². The number of carbonyl (C=O) groups excluding carboxylic acids is 1. The maximum absolute atomic E-state index is 13.4. The molecule has 3 heteroatoms. The van der Waals surface area contributed by atoms with Crippen LogP contribution in [0.4, 0.5) is 0 Å². The van der Waals surface area contributed by atoms with E-state index in [-0.39, 0.29) is 11.2 Å². The van der Waals surface area contributed by atoms with Gasteiger partial charge in [-0.25, -0.2) is 0 Å². The number of aryl methyl sites for hydroxylation is 1. The first-order valence-corrected chi connectivity index (χ1v) is 9.87. The second-order valence-electron chi connectivity index (χ2n) is 6.90. The minimum Gasteiger partial charge on any atom is -0.347 e. The van der Waals surface area contributed by atoms with Crippen molar-refractivity contribution >= 4 is 39.1 Å². The normalized spacial score (nSPS) is 12.5. The number of halogens is 1. The van der Waals surface area contributed by atoms with Gasteiger partial charge in [-0.3, -0.25) is 4.79 Å². The van der Waals surface area contributed by atoms with Crippen LogP contribution >= 0.6 is 11.6 Å². The topological polar surface area (TPSA) is 22.0 Å². The Morgan fingerprint density at radius 2 is 1.63 bits per heavy atom. The lowest BCUT2D eigenvalue weighted by Gasteiger charge is -2.08. The van der Waals surface area contributed by atoms with Gasteiger partial charge in [0, 0.05) is 40.1 Å². The fourth-order valence-corrected chi connectivity index (χ4v) is 3.76. The zero-order valence-electron chi connectivity index (χ0n) is 15.4. The molecule has 0 fully saturated rings. The summed E-state index contributed by atoms with van der Waals surface area (Å²) in [6, 6.07) is 22.1. The molecule has 4 rings (SSSR count). The summed E-state index contributed by atoms with van der Waals surface area (Å²) in [7, 11) is 0. The van der Waals surface area contributed by atoms with Crippen molar-refractivity contribution in [2.75, 3.05) is 0 Å². The molecular weight excluding hydrogens is 354 g/mol. The average Bonchev–Trinajstić information content (AvgIpc) is 3.10. The first kappa shape index (κ1) is 17.8. The number of fused-ring (bicyclic) bond motifs is 2. The molecule has 0 radical (unpaired) electrons. The van der Waals surface area contributed by atoms with Crippen LogP contribution in [0.5, 0.6) is 0 Å². The zero-order valence-corrected chi connectivity index (χ0v) is 16.1. The summed E-state index contributed by atoms with van der Waals surface area (Å²) in [5, 5.41) is 3.23. The molecule has 0 aliphatic heterocycles. The summed E-state index contributed by atoms with van der Waals surface area (Å²) in [6.07, 6.45) is 3.83. The minimum absolute atomic E-state index is 0.0691. The number of benzene rings is 3. The molecule has 3 aromatic carbocycles. The Kier molecular flexibility index (Phi) is 5.00. The lowest BCUT2D eigenvalue weighted by atomic mass is 9.97. The Hall–Kier alpha value is -2.58. The number of carbonyl (C=O) groups is 1. The van der Waals surface area contributed by atoms with E-state index in [1.165, 1.54) is 0 Å².